The van der Waals surface area contributed by atoms with E-state index < -0.39 is 0 Å². The lowest BCUT2D eigenvalue weighted by Crippen LogP contribution is -2.53. The van der Waals surface area contributed by atoms with Crippen LogP contribution in [0.15, 0.2) is 42.9 Å². The van der Waals surface area contributed by atoms with Crippen molar-refractivity contribution in [2.24, 2.45) is 5.92 Å². The average Bonchev–Trinajstić information content (AvgIpc) is 2.81. The number of aromatic nitrogens is 2. The minimum absolute atomic E-state index is 0.0502. The molecule has 0 spiro atoms. The molecule has 2 saturated heterocycles. The van der Waals surface area contributed by atoms with Gasteiger partial charge in [0.05, 0.1) is 12.6 Å². The zero-order valence-corrected chi connectivity index (χ0v) is 17.7. The van der Waals surface area contributed by atoms with E-state index >= 15 is 0 Å². The largest absolute Gasteiger partial charge is 0.355 e. The van der Waals surface area contributed by atoms with Gasteiger partial charge in [-0.2, -0.15) is 0 Å². The van der Waals surface area contributed by atoms with Crippen molar-refractivity contribution in [3.05, 3.63) is 53.4 Å². The van der Waals surface area contributed by atoms with E-state index in [1.165, 1.54) is 0 Å². The molecule has 0 radical (unpaired) electrons. The molecule has 0 bridgehead atoms. The Morgan fingerprint density at radius 3 is 2.23 bits per heavy atom. The molecule has 2 aliphatic heterocycles. The lowest BCUT2D eigenvalue weighted by atomic mass is 9.95. The Morgan fingerprint density at radius 1 is 0.933 bits per heavy atom. The topological polar surface area (TPSA) is 69.6 Å². The number of rotatable bonds is 4. The summed E-state index contributed by atoms with van der Waals surface area (Å²) in [5.41, 5.74) is 0.956. The van der Waals surface area contributed by atoms with Crippen molar-refractivity contribution in [1.82, 2.24) is 19.8 Å². The first-order chi connectivity index (χ1) is 14.6. The summed E-state index contributed by atoms with van der Waals surface area (Å²) in [5.74, 6) is 1.24. The van der Waals surface area contributed by atoms with E-state index in [0.29, 0.717) is 37.6 Å². The van der Waals surface area contributed by atoms with Crippen LogP contribution in [-0.2, 0) is 16.0 Å². The number of carbonyl (C=O) groups excluding carboxylic acids is 2. The van der Waals surface area contributed by atoms with Crippen LogP contribution in [0, 0.1) is 5.92 Å². The number of piperazine rings is 1. The molecule has 7 nitrogen and oxygen atoms in total. The molecule has 158 valence electrons. The number of carbonyl (C=O) groups is 2. The molecule has 0 N–H and O–H groups in total. The number of hydrogen-bond acceptors (Lipinski definition) is 5. The van der Waals surface area contributed by atoms with Crippen molar-refractivity contribution in [3.63, 3.8) is 0 Å². The van der Waals surface area contributed by atoms with E-state index in [0.717, 1.165) is 37.3 Å². The molecule has 1 aromatic heterocycles. The maximum Gasteiger partial charge on any atom is 0.227 e. The number of halogens is 1. The lowest BCUT2D eigenvalue weighted by molar-refractivity contribution is -0.142. The van der Waals surface area contributed by atoms with Crippen molar-refractivity contribution in [2.75, 3.05) is 44.2 Å². The highest BCUT2D eigenvalue weighted by atomic mass is 35.5. The Balaban J connectivity index is 1.23. The second-order valence-corrected chi connectivity index (χ2v) is 8.27. The monoisotopic (exact) mass is 427 g/mol. The molecular weight excluding hydrogens is 402 g/mol. The van der Waals surface area contributed by atoms with Gasteiger partial charge in [-0.05, 0) is 30.5 Å². The Morgan fingerprint density at radius 2 is 1.60 bits per heavy atom. The van der Waals surface area contributed by atoms with Crippen LogP contribution in [0.3, 0.4) is 0 Å². The third kappa shape index (κ3) is 4.90. The average molecular weight is 428 g/mol. The zero-order valence-electron chi connectivity index (χ0n) is 16.9. The van der Waals surface area contributed by atoms with Crippen molar-refractivity contribution >= 4 is 29.2 Å². The van der Waals surface area contributed by atoms with Gasteiger partial charge in [-0.25, -0.2) is 4.98 Å². The molecule has 0 aliphatic carbocycles. The van der Waals surface area contributed by atoms with Gasteiger partial charge in [0.2, 0.25) is 11.8 Å². The van der Waals surface area contributed by atoms with Gasteiger partial charge in [0.15, 0.2) is 0 Å². The molecule has 0 unspecified atom stereocenters. The highest BCUT2D eigenvalue weighted by molar-refractivity contribution is 6.30. The number of anilines is 1. The fourth-order valence-electron chi connectivity index (χ4n) is 4.13. The van der Waals surface area contributed by atoms with E-state index in [4.69, 9.17) is 11.6 Å². The smallest absolute Gasteiger partial charge is 0.227 e. The van der Waals surface area contributed by atoms with Crippen LogP contribution in [0.2, 0.25) is 5.02 Å². The van der Waals surface area contributed by atoms with Crippen molar-refractivity contribution in [2.45, 2.75) is 19.3 Å². The number of nitrogens with zero attached hydrogens (tertiary/aromatic N) is 5. The van der Waals surface area contributed by atoms with Gasteiger partial charge >= 0.3 is 0 Å². The van der Waals surface area contributed by atoms with E-state index in [1.807, 2.05) is 21.9 Å². The summed E-state index contributed by atoms with van der Waals surface area (Å²) in [6.07, 6.45) is 7.14. The first-order valence-electron chi connectivity index (χ1n) is 10.4. The fraction of sp³-hybridized carbons (Fsp3) is 0.455. The molecule has 3 heterocycles. The first-order valence-corrected chi connectivity index (χ1v) is 10.8. The highest BCUT2D eigenvalue weighted by Gasteiger charge is 2.31. The summed E-state index contributed by atoms with van der Waals surface area (Å²) in [4.78, 5) is 40.0. The van der Waals surface area contributed by atoms with Gasteiger partial charge in [-0.15, -0.1) is 0 Å². The SMILES string of the molecule is O=C(Cc1ccc(Cl)cc1)N1CCN(C(=O)C2CCN(c3cnccn3)CC2)CC1. The molecule has 0 atom stereocenters. The number of piperidine rings is 1. The zero-order chi connectivity index (χ0) is 20.9. The van der Waals surface area contributed by atoms with Gasteiger partial charge in [0.25, 0.3) is 0 Å². The van der Waals surface area contributed by atoms with Crippen LogP contribution in [0.4, 0.5) is 5.82 Å². The number of amides is 2. The maximum atomic E-state index is 13.0. The molecule has 30 heavy (non-hydrogen) atoms. The van der Waals surface area contributed by atoms with Crippen molar-refractivity contribution in [3.8, 4) is 0 Å². The van der Waals surface area contributed by atoms with Gasteiger partial charge in [-0.1, -0.05) is 23.7 Å². The summed E-state index contributed by atoms with van der Waals surface area (Å²) < 4.78 is 0. The van der Waals surface area contributed by atoms with Gasteiger partial charge in [0.1, 0.15) is 5.82 Å². The van der Waals surface area contributed by atoms with Gasteiger partial charge in [-0.3, -0.25) is 14.6 Å². The normalized spacial score (nSPS) is 17.8. The van der Waals surface area contributed by atoms with Crippen molar-refractivity contribution in [1.29, 1.82) is 0 Å². The summed E-state index contributed by atoms with van der Waals surface area (Å²) in [6, 6.07) is 7.37. The molecule has 2 fully saturated rings. The summed E-state index contributed by atoms with van der Waals surface area (Å²) in [5, 5.41) is 0.667. The second-order valence-electron chi connectivity index (χ2n) is 7.83. The predicted octanol–water partition coefficient (Wildman–Crippen LogP) is 2.26. The molecule has 2 aliphatic rings. The summed E-state index contributed by atoms with van der Waals surface area (Å²) in [6.45, 7) is 4.03. The summed E-state index contributed by atoms with van der Waals surface area (Å²) >= 11 is 5.90. The minimum atomic E-state index is 0.0502. The van der Waals surface area contributed by atoms with Crippen LogP contribution >= 0.6 is 11.6 Å². The highest BCUT2D eigenvalue weighted by Crippen LogP contribution is 2.23. The van der Waals surface area contributed by atoms with E-state index in [1.54, 1.807) is 30.7 Å². The summed E-state index contributed by atoms with van der Waals surface area (Å²) in [7, 11) is 0. The quantitative estimate of drug-likeness (QED) is 0.748. The first kappa shape index (κ1) is 20.6. The number of benzene rings is 1. The van der Waals surface area contributed by atoms with Crippen LogP contribution in [-0.4, -0.2) is 70.9 Å². The third-order valence-electron chi connectivity index (χ3n) is 5.93. The predicted molar refractivity (Wildman–Crippen MR) is 115 cm³/mol. The molecule has 8 heteroatoms. The molecule has 0 saturated carbocycles. The van der Waals surface area contributed by atoms with E-state index in [-0.39, 0.29) is 17.7 Å². The van der Waals surface area contributed by atoms with Gasteiger partial charge in [0, 0.05) is 62.6 Å². The van der Waals surface area contributed by atoms with Crippen molar-refractivity contribution < 1.29 is 9.59 Å². The third-order valence-corrected chi connectivity index (χ3v) is 6.18. The van der Waals surface area contributed by atoms with Gasteiger partial charge < -0.3 is 14.7 Å². The van der Waals surface area contributed by atoms with Crippen LogP contribution in [0.25, 0.3) is 0 Å². The number of hydrogen-bond donors (Lipinski definition) is 0. The Labute approximate surface area is 181 Å². The Bertz CT molecular complexity index is 861. The van der Waals surface area contributed by atoms with E-state index in [9.17, 15) is 9.59 Å². The second kappa shape index (κ2) is 9.43. The van der Waals surface area contributed by atoms with E-state index in [2.05, 4.69) is 14.9 Å². The van der Waals surface area contributed by atoms with Crippen LogP contribution < -0.4 is 4.90 Å². The maximum absolute atomic E-state index is 13.0. The molecule has 1 aromatic carbocycles. The van der Waals surface area contributed by atoms with Crippen LogP contribution in [0.5, 0.6) is 0 Å². The molecule has 2 aromatic rings. The minimum Gasteiger partial charge on any atom is -0.355 e. The molecule has 2 amide bonds. The molecule has 4 rings (SSSR count). The van der Waals surface area contributed by atoms with Crippen LogP contribution in [0.1, 0.15) is 18.4 Å². The fourth-order valence-corrected chi connectivity index (χ4v) is 4.26. The standard InChI is InChI=1S/C22H26ClN5O2/c23-19-3-1-17(2-4-19)15-21(29)27-11-13-28(14-12-27)22(30)18-5-9-26(10-6-18)20-16-24-7-8-25-20/h1-4,7-8,16,18H,5-6,9-15H2. The Hall–Kier alpha value is -2.67. The Kier molecular flexibility index (Phi) is 6.47. The lowest BCUT2D eigenvalue weighted by Gasteiger charge is -2.38. The molecular formula is C22H26ClN5O2.